The Kier molecular flexibility index (Phi) is 3.61. The van der Waals surface area contributed by atoms with Gasteiger partial charge in [0.2, 0.25) is 15.0 Å². The normalized spacial score (nSPS) is 11.2. The van der Waals surface area contributed by atoms with Gasteiger partial charge in [0.25, 0.3) is 0 Å². The standard InChI is InChI=1S/C11H11N3O4S/c1-18-10(15)9-4-2-8(3-5-9)6-19(16,17)11-12-7-13-14-11/h2-5,7H,6H2,1H3,(H,12,13,14). The fourth-order valence-electron chi connectivity index (χ4n) is 1.49. The number of H-pyrrole nitrogens is 1. The van der Waals surface area contributed by atoms with E-state index in [-0.39, 0.29) is 10.9 Å². The van der Waals surface area contributed by atoms with Crippen molar-refractivity contribution in [3.05, 3.63) is 41.7 Å². The van der Waals surface area contributed by atoms with Crippen LogP contribution in [-0.2, 0) is 20.3 Å². The zero-order chi connectivity index (χ0) is 13.9. The van der Waals surface area contributed by atoms with Crippen LogP contribution in [0.3, 0.4) is 0 Å². The van der Waals surface area contributed by atoms with Gasteiger partial charge in [0.1, 0.15) is 6.33 Å². The number of carbonyl (C=O) groups is 1. The van der Waals surface area contributed by atoms with Crippen molar-refractivity contribution in [1.82, 2.24) is 15.2 Å². The van der Waals surface area contributed by atoms with Gasteiger partial charge in [-0.05, 0) is 17.7 Å². The maximum absolute atomic E-state index is 11.9. The van der Waals surface area contributed by atoms with Crippen LogP contribution >= 0.6 is 0 Å². The molecular formula is C11H11N3O4S. The lowest BCUT2D eigenvalue weighted by molar-refractivity contribution is 0.0600. The number of benzene rings is 1. The van der Waals surface area contributed by atoms with E-state index in [4.69, 9.17) is 0 Å². The number of nitrogens with one attached hydrogen (secondary N) is 1. The minimum Gasteiger partial charge on any atom is -0.465 e. The number of rotatable bonds is 4. The summed E-state index contributed by atoms with van der Waals surface area (Å²) in [5, 5.41) is 5.64. The van der Waals surface area contributed by atoms with Crippen LogP contribution in [0.4, 0.5) is 0 Å². The van der Waals surface area contributed by atoms with Gasteiger partial charge in [-0.15, -0.1) is 0 Å². The predicted octanol–water partition coefficient (Wildman–Crippen LogP) is 0.565. The average Bonchev–Trinajstić information content (AvgIpc) is 2.93. The average molecular weight is 281 g/mol. The van der Waals surface area contributed by atoms with Crippen molar-refractivity contribution in [1.29, 1.82) is 0 Å². The second-order valence-electron chi connectivity index (χ2n) is 3.74. The molecule has 1 aromatic heterocycles. The molecule has 19 heavy (non-hydrogen) atoms. The van der Waals surface area contributed by atoms with Crippen molar-refractivity contribution in [3.63, 3.8) is 0 Å². The third-order valence-electron chi connectivity index (χ3n) is 2.42. The number of sulfone groups is 1. The summed E-state index contributed by atoms with van der Waals surface area (Å²) < 4.78 is 28.4. The van der Waals surface area contributed by atoms with E-state index in [1.165, 1.54) is 19.2 Å². The minimum atomic E-state index is -3.55. The van der Waals surface area contributed by atoms with Crippen molar-refractivity contribution in [2.75, 3.05) is 7.11 Å². The number of hydrogen-bond donors (Lipinski definition) is 1. The number of ether oxygens (including phenoxy) is 1. The molecule has 0 atom stereocenters. The summed E-state index contributed by atoms with van der Waals surface area (Å²) in [6.07, 6.45) is 1.13. The third-order valence-corrected chi connectivity index (χ3v) is 3.92. The third kappa shape index (κ3) is 2.97. The van der Waals surface area contributed by atoms with E-state index in [2.05, 4.69) is 19.9 Å². The van der Waals surface area contributed by atoms with E-state index >= 15 is 0 Å². The molecule has 1 N–H and O–H groups in total. The number of esters is 1. The van der Waals surface area contributed by atoms with Crippen molar-refractivity contribution in [2.45, 2.75) is 10.9 Å². The van der Waals surface area contributed by atoms with Crippen LogP contribution in [0.2, 0.25) is 0 Å². The molecule has 0 unspecified atom stereocenters. The lowest BCUT2D eigenvalue weighted by atomic mass is 10.1. The molecule has 0 saturated carbocycles. The first-order valence-electron chi connectivity index (χ1n) is 5.28. The Balaban J connectivity index is 2.19. The molecule has 0 radical (unpaired) electrons. The largest absolute Gasteiger partial charge is 0.465 e. The van der Waals surface area contributed by atoms with E-state index in [1.807, 2.05) is 0 Å². The molecule has 8 heteroatoms. The summed E-state index contributed by atoms with van der Waals surface area (Å²) in [7, 11) is -2.27. The summed E-state index contributed by atoms with van der Waals surface area (Å²) in [6, 6.07) is 6.13. The molecule has 2 aromatic rings. The molecule has 100 valence electrons. The first-order valence-corrected chi connectivity index (χ1v) is 6.93. The molecule has 0 spiro atoms. The number of methoxy groups -OCH3 is 1. The van der Waals surface area contributed by atoms with Crippen LogP contribution in [-0.4, -0.2) is 36.7 Å². The van der Waals surface area contributed by atoms with Gasteiger partial charge in [0.05, 0.1) is 18.4 Å². The Morgan fingerprint density at radius 1 is 1.32 bits per heavy atom. The van der Waals surface area contributed by atoms with Crippen molar-refractivity contribution in [2.24, 2.45) is 0 Å². The van der Waals surface area contributed by atoms with E-state index < -0.39 is 15.8 Å². The molecule has 0 saturated heterocycles. The highest BCUT2D eigenvalue weighted by atomic mass is 32.2. The highest BCUT2D eigenvalue weighted by molar-refractivity contribution is 7.90. The number of nitrogens with zero attached hydrogens (tertiary/aromatic N) is 2. The molecule has 0 aliphatic carbocycles. The smallest absolute Gasteiger partial charge is 0.337 e. The first kappa shape index (κ1) is 13.2. The fourth-order valence-corrected chi connectivity index (χ4v) is 2.65. The monoisotopic (exact) mass is 281 g/mol. The number of aromatic nitrogens is 3. The number of carbonyl (C=O) groups excluding carboxylic acids is 1. The van der Waals surface area contributed by atoms with E-state index in [0.29, 0.717) is 11.1 Å². The van der Waals surface area contributed by atoms with E-state index in [0.717, 1.165) is 6.33 Å². The molecule has 0 amide bonds. The lowest BCUT2D eigenvalue weighted by Crippen LogP contribution is -2.07. The van der Waals surface area contributed by atoms with Gasteiger partial charge in [0.15, 0.2) is 0 Å². The Bertz CT molecular complexity index is 662. The van der Waals surface area contributed by atoms with Crippen LogP contribution in [0.15, 0.2) is 35.7 Å². The van der Waals surface area contributed by atoms with Crippen LogP contribution in [0.25, 0.3) is 0 Å². The Morgan fingerprint density at radius 3 is 2.53 bits per heavy atom. The van der Waals surface area contributed by atoms with Crippen LogP contribution in [0.5, 0.6) is 0 Å². The molecule has 0 bridgehead atoms. The van der Waals surface area contributed by atoms with Gasteiger partial charge in [-0.3, -0.25) is 5.10 Å². The highest BCUT2D eigenvalue weighted by Gasteiger charge is 2.18. The first-order chi connectivity index (χ1) is 9.03. The summed E-state index contributed by atoms with van der Waals surface area (Å²) in [6.45, 7) is 0. The van der Waals surface area contributed by atoms with Crippen molar-refractivity contribution in [3.8, 4) is 0 Å². The Labute approximate surface area is 109 Å². The molecule has 1 aromatic carbocycles. The maximum atomic E-state index is 11.9. The quantitative estimate of drug-likeness (QED) is 0.822. The second-order valence-corrected chi connectivity index (χ2v) is 5.64. The molecular weight excluding hydrogens is 270 g/mol. The van der Waals surface area contributed by atoms with Crippen LogP contribution in [0.1, 0.15) is 15.9 Å². The summed E-state index contributed by atoms with van der Waals surface area (Å²) in [5.41, 5.74) is 0.910. The molecule has 2 rings (SSSR count). The van der Waals surface area contributed by atoms with Gasteiger partial charge < -0.3 is 4.74 Å². The maximum Gasteiger partial charge on any atom is 0.337 e. The highest BCUT2D eigenvalue weighted by Crippen LogP contribution is 2.13. The summed E-state index contributed by atoms with van der Waals surface area (Å²) in [4.78, 5) is 14.8. The second kappa shape index (κ2) is 5.19. The molecule has 0 aliphatic heterocycles. The lowest BCUT2D eigenvalue weighted by Gasteiger charge is -2.03. The molecule has 0 fully saturated rings. The summed E-state index contributed by atoms with van der Waals surface area (Å²) in [5.74, 6) is -0.687. The predicted molar refractivity (Wildman–Crippen MR) is 65.1 cm³/mol. The van der Waals surface area contributed by atoms with E-state index in [9.17, 15) is 13.2 Å². The van der Waals surface area contributed by atoms with Crippen molar-refractivity contribution >= 4 is 15.8 Å². The fraction of sp³-hybridized carbons (Fsp3) is 0.182. The molecule has 0 aliphatic rings. The van der Waals surface area contributed by atoms with E-state index in [1.54, 1.807) is 12.1 Å². The van der Waals surface area contributed by atoms with Crippen LogP contribution in [0, 0.1) is 0 Å². The van der Waals surface area contributed by atoms with Gasteiger partial charge in [-0.2, -0.15) is 5.10 Å². The molecule has 1 heterocycles. The van der Waals surface area contributed by atoms with Gasteiger partial charge in [-0.25, -0.2) is 18.2 Å². The van der Waals surface area contributed by atoms with Crippen LogP contribution < -0.4 is 0 Å². The van der Waals surface area contributed by atoms with Gasteiger partial charge in [-0.1, -0.05) is 12.1 Å². The zero-order valence-electron chi connectivity index (χ0n) is 10.0. The minimum absolute atomic E-state index is 0.176. The summed E-state index contributed by atoms with van der Waals surface area (Å²) >= 11 is 0. The number of hydrogen-bond acceptors (Lipinski definition) is 6. The Morgan fingerprint density at radius 2 is 2.00 bits per heavy atom. The Hall–Kier alpha value is -2.22. The zero-order valence-corrected chi connectivity index (χ0v) is 10.8. The topological polar surface area (TPSA) is 102 Å². The number of aromatic amines is 1. The van der Waals surface area contributed by atoms with Gasteiger partial charge in [0, 0.05) is 0 Å². The SMILES string of the molecule is COC(=O)c1ccc(CS(=O)(=O)c2ncn[nH]2)cc1. The van der Waals surface area contributed by atoms with Gasteiger partial charge >= 0.3 is 5.97 Å². The van der Waals surface area contributed by atoms with Crippen molar-refractivity contribution < 1.29 is 17.9 Å². The molecule has 7 nitrogen and oxygen atoms in total.